The van der Waals surface area contributed by atoms with Crippen molar-refractivity contribution in [1.82, 2.24) is 4.98 Å². The molecule has 140 valence electrons. The van der Waals surface area contributed by atoms with Gasteiger partial charge in [0.1, 0.15) is 0 Å². The summed E-state index contributed by atoms with van der Waals surface area (Å²) in [6.07, 6.45) is 0. The summed E-state index contributed by atoms with van der Waals surface area (Å²) in [6.45, 7) is 0. The topological polar surface area (TPSA) is 15.8 Å². The van der Waals surface area contributed by atoms with Gasteiger partial charge in [-0.05, 0) is 74.5 Å². The molecule has 1 aliphatic rings. The van der Waals surface area contributed by atoms with Crippen molar-refractivity contribution in [2.24, 2.45) is 0 Å². The molecule has 30 heavy (non-hydrogen) atoms. The maximum atomic E-state index is 6.28. The molecule has 7 rings (SSSR count). The summed E-state index contributed by atoms with van der Waals surface area (Å²) in [4.78, 5) is 3.50. The molecule has 2 heteroatoms. The zero-order chi connectivity index (χ0) is 19.8. The molecular formula is C28H16ClN. The van der Waals surface area contributed by atoms with Gasteiger partial charge in [0.05, 0.1) is 0 Å². The molecule has 0 radical (unpaired) electrons. The largest absolute Gasteiger partial charge is 0.355 e. The predicted octanol–water partition coefficient (Wildman–Crippen LogP) is 8.44. The lowest BCUT2D eigenvalue weighted by Gasteiger charge is -2.10. The summed E-state index contributed by atoms with van der Waals surface area (Å²) in [7, 11) is 0. The number of nitrogens with one attached hydrogen (secondary N) is 1. The molecule has 1 aliphatic carbocycles. The van der Waals surface area contributed by atoms with Crippen LogP contribution in [-0.4, -0.2) is 4.98 Å². The van der Waals surface area contributed by atoms with Crippen molar-refractivity contribution in [1.29, 1.82) is 0 Å². The second kappa shape index (κ2) is 5.75. The van der Waals surface area contributed by atoms with E-state index < -0.39 is 0 Å². The quantitative estimate of drug-likeness (QED) is 0.284. The summed E-state index contributed by atoms with van der Waals surface area (Å²) in [5.41, 5.74) is 10.1. The van der Waals surface area contributed by atoms with Gasteiger partial charge in [-0.1, -0.05) is 72.3 Å². The fourth-order valence-electron chi connectivity index (χ4n) is 5.10. The number of aromatic nitrogens is 1. The summed E-state index contributed by atoms with van der Waals surface area (Å²) in [6, 6.07) is 32.6. The Morgan fingerprint density at radius 3 is 2.00 bits per heavy atom. The first-order valence-corrected chi connectivity index (χ1v) is 10.5. The van der Waals surface area contributed by atoms with Gasteiger partial charge < -0.3 is 4.98 Å². The molecule has 6 aromatic rings. The monoisotopic (exact) mass is 401 g/mol. The molecule has 0 saturated carbocycles. The molecule has 5 aromatic carbocycles. The molecule has 1 heterocycles. The van der Waals surface area contributed by atoms with E-state index in [1.165, 1.54) is 49.5 Å². The molecule has 0 fully saturated rings. The highest BCUT2D eigenvalue weighted by molar-refractivity contribution is 6.32. The van der Waals surface area contributed by atoms with Crippen molar-refractivity contribution < 1.29 is 0 Å². The van der Waals surface area contributed by atoms with Crippen LogP contribution in [0.2, 0.25) is 5.02 Å². The molecular weight excluding hydrogens is 386 g/mol. The van der Waals surface area contributed by atoms with E-state index in [1.807, 2.05) is 18.2 Å². The van der Waals surface area contributed by atoms with Crippen LogP contribution in [0.15, 0.2) is 91.0 Å². The molecule has 0 saturated heterocycles. The van der Waals surface area contributed by atoms with Gasteiger partial charge >= 0.3 is 0 Å². The average molecular weight is 402 g/mol. The molecule has 0 unspecified atom stereocenters. The van der Waals surface area contributed by atoms with Crippen LogP contribution >= 0.6 is 11.6 Å². The van der Waals surface area contributed by atoms with E-state index in [1.54, 1.807) is 0 Å². The van der Waals surface area contributed by atoms with Crippen molar-refractivity contribution >= 4 is 44.2 Å². The summed E-state index contributed by atoms with van der Waals surface area (Å²) >= 11 is 6.28. The second-order valence-corrected chi connectivity index (χ2v) is 8.45. The molecule has 0 amide bonds. The van der Waals surface area contributed by atoms with Crippen LogP contribution in [0, 0.1) is 0 Å². The van der Waals surface area contributed by atoms with Crippen molar-refractivity contribution in [2.45, 2.75) is 0 Å². The zero-order valence-corrected chi connectivity index (χ0v) is 16.8. The van der Waals surface area contributed by atoms with Gasteiger partial charge in [-0.25, -0.2) is 0 Å². The lowest BCUT2D eigenvalue weighted by Crippen LogP contribution is -1.83. The lowest BCUT2D eigenvalue weighted by molar-refractivity contribution is 1.54. The number of benzene rings is 5. The first-order chi connectivity index (χ1) is 14.8. The van der Waals surface area contributed by atoms with Crippen LogP contribution in [0.25, 0.3) is 66.0 Å². The fourth-order valence-corrected chi connectivity index (χ4v) is 5.27. The molecule has 0 aliphatic heterocycles. The highest BCUT2D eigenvalue weighted by Gasteiger charge is 2.22. The normalized spacial score (nSPS) is 12.2. The SMILES string of the molecule is Clc1ccc2[nH]c3ccc(-c4ccc5c6c(cccc46)-c4ccccc4-5)cc3c2c1. The highest BCUT2D eigenvalue weighted by atomic mass is 35.5. The number of rotatable bonds is 1. The van der Waals surface area contributed by atoms with Gasteiger partial charge in [0.2, 0.25) is 0 Å². The van der Waals surface area contributed by atoms with Gasteiger partial charge in [-0.2, -0.15) is 0 Å². The third-order valence-electron chi connectivity index (χ3n) is 6.42. The second-order valence-electron chi connectivity index (χ2n) is 8.01. The Labute approximate surface area is 178 Å². The van der Waals surface area contributed by atoms with E-state index >= 15 is 0 Å². The number of H-pyrrole nitrogens is 1. The maximum Gasteiger partial charge on any atom is 0.0465 e. The molecule has 0 atom stereocenters. The number of hydrogen-bond acceptors (Lipinski definition) is 0. The van der Waals surface area contributed by atoms with Crippen molar-refractivity contribution in [3.63, 3.8) is 0 Å². The number of halogens is 1. The third-order valence-corrected chi connectivity index (χ3v) is 6.65. The number of aromatic amines is 1. The molecule has 0 bridgehead atoms. The van der Waals surface area contributed by atoms with E-state index in [-0.39, 0.29) is 0 Å². The molecule has 0 spiro atoms. The predicted molar refractivity (Wildman–Crippen MR) is 128 cm³/mol. The Bertz CT molecular complexity index is 1630. The minimum absolute atomic E-state index is 0.761. The van der Waals surface area contributed by atoms with Gasteiger partial charge in [0.25, 0.3) is 0 Å². The third kappa shape index (κ3) is 2.08. The smallest absolute Gasteiger partial charge is 0.0465 e. The van der Waals surface area contributed by atoms with Crippen LogP contribution in [0.3, 0.4) is 0 Å². The standard InChI is InChI=1S/C28H16ClN/c29-17-9-13-27-25(15-17)24-14-16(8-12-26(24)30-27)18-10-11-23-20-5-2-1-4-19(20)22-7-3-6-21(18)28(22)23/h1-15,30H. The van der Waals surface area contributed by atoms with E-state index in [0.717, 1.165) is 21.4 Å². The van der Waals surface area contributed by atoms with E-state index in [0.29, 0.717) is 0 Å². The number of hydrogen-bond donors (Lipinski definition) is 1. The Morgan fingerprint density at radius 2 is 1.17 bits per heavy atom. The Kier molecular flexibility index (Phi) is 3.12. The van der Waals surface area contributed by atoms with Gasteiger partial charge in [-0.15, -0.1) is 0 Å². The van der Waals surface area contributed by atoms with Gasteiger partial charge in [-0.3, -0.25) is 0 Å². The fraction of sp³-hybridized carbons (Fsp3) is 0. The van der Waals surface area contributed by atoms with Crippen LogP contribution < -0.4 is 0 Å². The van der Waals surface area contributed by atoms with Crippen LogP contribution in [-0.2, 0) is 0 Å². The maximum absolute atomic E-state index is 6.28. The van der Waals surface area contributed by atoms with Crippen molar-refractivity contribution in [2.75, 3.05) is 0 Å². The van der Waals surface area contributed by atoms with E-state index in [2.05, 4.69) is 77.8 Å². The summed E-state index contributed by atoms with van der Waals surface area (Å²) in [5.74, 6) is 0. The average Bonchev–Trinajstić information content (AvgIpc) is 3.31. The van der Waals surface area contributed by atoms with Gasteiger partial charge in [0, 0.05) is 26.8 Å². The van der Waals surface area contributed by atoms with Crippen LogP contribution in [0.1, 0.15) is 0 Å². The summed E-state index contributed by atoms with van der Waals surface area (Å²) in [5, 5.41) is 5.79. The zero-order valence-electron chi connectivity index (χ0n) is 16.0. The molecule has 1 aromatic heterocycles. The molecule has 1 N–H and O–H groups in total. The summed E-state index contributed by atoms with van der Waals surface area (Å²) < 4.78 is 0. The Hall–Kier alpha value is -3.55. The highest BCUT2D eigenvalue weighted by Crippen LogP contribution is 2.49. The minimum Gasteiger partial charge on any atom is -0.355 e. The van der Waals surface area contributed by atoms with E-state index in [9.17, 15) is 0 Å². The van der Waals surface area contributed by atoms with Crippen molar-refractivity contribution in [3.05, 3.63) is 96.0 Å². The Morgan fingerprint density at radius 1 is 0.500 bits per heavy atom. The number of fused-ring (bicyclic) bond motifs is 6. The first kappa shape index (κ1) is 16.3. The van der Waals surface area contributed by atoms with E-state index in [4.69, 9.17) is 11.6 Å². The first-order valence-electron chi connectivity index (χ1n) is 10.1. The van der Waals surface area contributed by atoms with Gasteiger partial charge in [0.15, 0.2) is 0 Å². The Balaban J connectivity index is 1.53. The molecule has 1 nitrogen and oxygen atoms in total. The van der Waals surface area contributed by atoms with Crippen LogP contribution in [0.5, 0.6) is 0 Å². The minimum atomic E-state index is 0.761. The van der Waals surface area contributed by atoms with Crippen LogP contribution in [0.4, 0.5) is 0 Å². The lowest BCUT2D eigenvalue weighted by atomic mass is 9.93. The van der Waals surface area contributed by atoms with Crippen molar-refractivity contribution in [3.8, 4) is 33.4 Å².